The van der Waals surface area contributed by atoms with Crippen molar-refractivity contribution in [2.24, 2.45) is 5.73 Å². The van der Waals surface area contributed by atoms with Crippen molar-refractivity contribution in [2.45, 2.75) is 45.2 Å². The number of aliphatic hydroxyl groups is 1. The van der Waals surface area contributed by atoms with Crippen LogP contribution in [-0.2, 0) is 4.65 Å². The summed E-state index contributed by atoms with van der Waals surface area (Å²) >= 11 is 0. The molecule has 19 heavy (non-hydrogen) atoms. The van der Waals surface area contributed by atoms with Gasteiger partial charge in [-0.25, -0.2) is 0 Å². The van der Waals surface area contributed by atoms with Crippen LogP contribution in [0, 0.1) is 0 Å². The SMILES string of the molecule is CC(C)(O)C(C)(C)O[B]c1ccc2c(c1)NC(N)O2. The van der Waals surface area contributed by atoms with Gasteiger partial charge in [-0.2, -0.15) is 0 Å². The van der Waals surface area contributed by atoms with Crippen LogP contribution < -0.4 is 21.3 Å². The lowest BCUT2D eigenvalue weighted by atomic mass is 9.82. The molecule has 4 N–H and O–H groups in total. The third-order valence-electron chi connectivity index (χ3n) is 3.52. The standard InChI is InChI=1S/C13H20BN2O3/c1-12(2,17)13(3,4)19-14-8-5-6-10-9(7-8)16-11(15)18-10/h5-7,11,16-17H,15H2,1-4H3. The fraction of sp³-hybridized carbons (Fsp3) is 0.538. The molecule has 1 unspecified atom stereocenters. The largest absolute Gasteiger partial charge is 0.456 e. The zero-order chi connectivity index (χ0) is 14.3. The number of hydrogen-bond acceptors (Lipinski definition) is 5. The van der Waals surface area contributed by atoms with Crippen molar-refractivity contribution in [3.63, 3.8) is 0 Å². The number of hydrogen-bond donors (Lipinski definition) is 3. The van der Waals surface area contributed by atoms with E-state index in [2.05, 4.69) is 5.32 Å². The first-order valence-corrected chi connectivity index (χ1v) is 6.25. The fourth-order valence-corrected chi connectivity index (χ4v) is 1.52. The first kappa shape index (κ1) is 14.2. The highest BCUT2D eigenvalue weighted by atomic mass is 16.5. The molecule has 6 heteroatoms. The Morgan fingerprint density at radius 2 is 2.05 bits per heavy atom. The second-order valence-corrected chi connectivity index (χ2v) is 5.74. The van der Waals surface area contributed by atoms with E-state index in [0.29, 0.717) is 0 Å². The predicted octanol–water partition coefficient (Wildman–Crippen LogP) is 0.544. The zero-order valence-electron chi connectivity index (χ0n) is 11.7. The summed E-state index contributed by atoms with van der Waals surface area (Å²) in [5.74, 6) is 0.728. The Labute approximate surface area is 114 Å². The van der Waals surface area contributed by atoms with E-state index in [4.69, 9.17) is 15.1 Å². The molecule has 0 aliphatic carbocycles. The quantitative estimate of drug-likeness (QED) is 0.691. The Balaban J connectivity index is 2.04. The Bertz CT molecular complexity index is 471. The molecule has 103 valence electrons. The van der Waals surface area contributed by atoms with E-state index >= 15 is 0 Å². The Hall–Kier alpha value is -1.24. The Morgan fingerprint density at radius 1 is 1.37 bits per heavy atom. The number of rotatable bonds is 4. The highest BCUT2D eigenvalue weighted by Gasteiger charge is 2.35. The average Bonchev–Trinajstić information content (AvgIpc) is 2.64. The van der Waals surface area contributed by atoms with Gasteiger partial charge in [-0.3, -0.25) is 5.73 Å². The maximum absolute atomic E-state index is 10.0. The molecule has 0 fully saturated rings. The van der Waals surface area contributed by atoms with Gasteiger partial charge in [0.2, 0.25) is 6.35 Å². The van der Waals surface area contributed by atoms with Crippen LogP contribution in [0.5, 0.6) is 5.75 Å². The Kier molecular flexibility index (Phi) is 3.51. The van der Waals surface area contributed by atoms with Crippen LogP contribution in [0.4, 0.5) is 5.69 Å². The van der Waals surface area contributed by atoms with Crippen LogP contribution in [-0.4, -0.2) is 30.1 Å². The van der Waals surface area contributed by atoms with Crippen LogP contribution in [0.3, 0.4) is 0 Å². The van der Waals surface area contributed by atoms with Crippen LogP contribution >= 0.6 is 0 Å². The minimum atomic E-state index is -0.941. The molecule has 1 aliphatic heterocycles. The summed E-state index contributed by atoms with van der Waals surface area (Å²) in [5, 5.41) is 13.0. The highest BCUT2D eigenvalue weighted by molar-refractivity contribution is 6.47. The number of anilines is 1. The van der Waals surface area contributed by atoms with Gasteiger partial charge in [0.05, 0.1) is 16.9 Å². The Morgan fingerprint density at radius 3 is 2.68 bits per heavy atom. The second-order valence-electron chi connectivity index (χ2n) is 5.74. The third-order valence-corrected chi connectivity index (χ3v) is 3.52. The van der Waals surface area contributed by atoms with Crippen molar-refractivity contribution in [1.29, 1.82) is 0 Å². The zero-order valence-corrected chi connectivity index (χ0v) is 11.7. The van der Waals surface area contributed by atoms with Crippen molar-refractivity contribution in [2.75, 3.05) is 5.32 Å². The maximum atomic E-state index is 10.0. The molecule has 0 spiro atoms. The smallest absolute Gasteiger partial charge is 0.330 e. The van der Waals surface area contributed by atoms with E-state index < -0.39 is 17.6 Å². The summed E-state index contributed by atoms with van der Waals surface area (Å²) in [6.07, 6.45) is -0.501. The summed E-state index contributed by atoms with van der Waals surface area (Å²) in [6.45, 7) is 7.12. The molecule has 0 saturated heterocycles. The number of fused-ring (bicyclic) bond motifs is 1. The van der Waals surface area contributed by atoms with E-state index in [0.717, 1.165) is 16.9 Å². The molecular formula is C13H20BN2O3. The number of ether oxygens (including phenoxy) is 1. The average molecular weight is 263 g/mol. The lowest BCUT2D eigenvalue weighted by molar-refractivity contribution is -0.0893. The van der Waals surface area contributed by atoms with Crippen molar-refractivity contribution >= 4 is 18.6 Å². The van der Waals surface area contributed by atoms with Crippen molar-refractivity contribution in [3.05, 3.63) is 18.2 Å². The summed E-state index contributed by atoms with van der Waals surface area (Å²) in [5.41, 5.74) is 5.71. The minimum absolute atomic E-state index is 0.501. The van der Waals surface area contributed by atoms with E-state index in [1.54, 1.807) is 21.3 Å². The molecule has 1 aliphatic rings. The topological polar surface area (TPSA) is 76.7 Å². The van der Waals surface area contributed by atoms with E-state index in [-0.39, 0.29) is 0 Å². The molecular weight excluding hydrogens is 243 g/mol. The molecule has 0 saturated carbocycles. The molecule has 1 atom stereocenters. The van der Waals surface area contributed by atoms with Gasteiger partial charge < -0.3 is 19.8 Å². The normalized spacial score (nSPS) is 18.5. The van der Waals surface area contributed by atoms with E-state index in [1.165, 1.54) is 0 Å². The molecule has 1 aromatic rings. The molecule has 0 aromatic heterocycles. The van der Waals surface area contributed by atoms with Crippen LogP contribution in [0.25, 0.3) is 0 Å². The van der Waals surface area contributed by atoms with E-state index in [1.807, 2.05) is 32.0 Å². The van der Waals surface area contributed by atoms with Crippen molar-refractivity contribution in [1.82, 2.24) is 0 Å². The van der Waals surface area contributed by atoms with Crippen molar-refractivity contribution in [3.8, 4) is 5.75 Å². The maximum Gasteiger partial charge on any atom is 0.330 e. The molecule has 0 bridgehead atoms. The molecule has 5 nitrogen and oxygen atoms in total. The predicted molar refractivity (Wildman–Crippen MR) is 75.5 cm³/mol. The summed E-state index contributed by atoms with van der Waals surface area (Å²) in [4.78, 5) is 0. The number of nitrogens with two attached hydrogens (primary N) is 1. The van der Waals surface area contributed by atoms with E-state index in [9.17, 15) is 5.11 Å². The highest BCUT2D eigenvalue weighted by Crippen LogP contribution is 2.29. The summed E-state index contributed by atoms with van der Waals surface area (Å²) in [6, 6.07) is 5.60. The molecule has 2 rings (SSSR count). The van der Waals surface area contributed by atoms with Crippen molar-refractivity contribution < 1.29 is 14.5 Å². The van der Waals surface area contributed by atoms with Crippen LogP contribution in [0.15, 0.2) is 18.2 Å². The lowest BCUT2D eigenvalue weighted by Crippen LogP contribution is -2.49. The molecule has 1 heterocycles. The van der Waals surface area contributed by atoms with Gasteiger partial charge in [-0.05, 0) is 39.8 Å². The van der Waals surface area contributed by atoms with Gasteiger partial charge in [-0.15, -0.1) is 0 Å². The van der Waals surface area contributed by atoms with Gasteiger partial charge >= 0.3 is 7.48 Å². The number of nitrogens with one attached hydrogen (secondary N) is 1. The summed E-state index contributed by atoms with van der Waals surface area (Å²) in [7, 11) is 1.63. The minimum Gasteiger partial charge on any atom is -0.456 e. The van der Waals surface area contributed by atoms with Gasteiger partial charge in [0.25, 0.3) is 0 Å². The monoisotopic (exact) mass is 263 g/mol. The molecule has 1 aromatic carbocycles. The molecule has 1 radical (unpaired) electrons. The number of benzene rings is 1. The van der Waals surface area contributed by atoms with Gasteiger partial charge in [0, 0.05) is 0 Å². The van der Waals surface area contributed by atoms with Crippen LogP contribution in [0.2, 0.25) is 0 Å². The first-order valence-electron chi connectivity index (χ1n) is 6.25. The van der Waals surface area contributed by atoms with Gasteiger partial charge in [-0.1, -0.05) is 11.5 Å². The summed E-state index contributed by atoms with van der Waals surface area (Å²) < 4.78 is 11.0. The van der Waals surface area contributed by atoms with Gasteiger partial charge in [0.1, 0.15) is 5.75 Å². The molecule has 0 amide bonds. The van der Waals surface area contributed by atoms with Crippen LogP contribution in [0.1, 0.15) is 27.7 Å². The first-order chi connectivity index (χ1) is 8.69. The fourth-order valence-electron chi connectivity index (χ4n) is 1.52. The van der Waals surface area contributed by atoms with Gasteiger partial charge in [0.15, 0.2) is 0 Å². The second kappa shape index (κ2) is 4.70. The lowest BCUT2D eigenvalue weighted by Gasteiger charge is -2.37. The third kappa shape index (κ3) is 3.02.